The van der Waals surface area contributed by atoms with Gasteiger partial charge in [-0.25, -0.2) is 14.8 Å². The molecule has 6 nitrogen and oxygen atoms in total. The van der Waals surface area contributed by atoms with Gasteiger partial charge in [0.05, 0.1) is 42.8 Å². The van der Waals surface area contributed by atoms with Gasteiger partial charge in [-0.15, -0.1) is 0 Å². The number of nitrogens with zero attached hydrogens (tertiary/aromatic N) is 4. The normalized spacial score (nSPS) is 23.7. The SMILES string of the molecule is [B]C([B])([B])N1C(=O)N(c2ccnc(Cl)n2)C(C(C)C)C12COC2. The molecule has 0 N–H and O–H groups in total. The lowest BCUT2D eigenvalue weighted by molar-refractivity contribution is -0.127. The number of aromatic nitrogens is 2. The van der Waals surface area contributed by atoms with E-state index in [0.717, 1.165) is 0 Å². The summed E-state index contributed by atoms with van der Waals surface area (Å²) in [5, 5.41) is -1.76. The summed E-state index contributed by atoms with van der Waals surface area (Å²) < 4.78 is 5.38. The van der Waals surface area contributed by atoms with Gasteiger partial charge in [-0.3, -0.25) is 4.90 Å². The number of rotatable bonds is 3. The molecule has 6 radical (unpaired) electrons. The van der Waals surface area contributed by atoms with Crippen LogP contribution in [-0.2, 0) is 4.74 Å². The second-order valence-electron chi connectivity index (χ2n) is 6.34. The van der Waals surface area contributed by atoms with Crippen molar-refractivity contribution in [2.24, 2.45) is 5.92 Å². The fourth-order valence-corrected chi connectivity index (χ4v) is 3.71. The van der Waals surface area contributed by atoms with Gasteiger partial charge in [-0.2, -0.15) is 0 Å². The molecule has 0 saturated carbocycles. The molecule has 1 aromatic rings. The third-order valence-corrected chi connectivity index (χ3v) is 4.43. The molecule has 3 heterocycles. The molecule has 0 aromatic carbocycles. The standard InChI is InChI=1S/C13H14B3ClN4O2/c1-7(2)9-12(5-23-6-12)21(13(14,15)16)11(22)20(9)8-3-4-18-10(17)19-8/h3-4,7,9H,5-6H2,1-2H3. The predicted octanol–water partition coefficient (Wildman–Crippen LogP) is 0.282. The van der Waals surface area contributed by atoms with E-state index in [-0.39, 0.29) is 17.2 Å². The third-order valence-electron chi connectivity index (χ3n) is 4.25. The van der Waals surface area contributed by atoms with Crippen LogP contribution in [0.4, 0.5) is 10.6 Å². The Morgan fingerprint density at radius 1 is 1.43 bits per heavy atom. The molecular formula is C13H14B3ClN4O2. The summed E-state index contributed by atoms with van der Waals surface area (Å²) in [6.45, 7) is 4.62. The van der Waals surface area contributed by atoms with Crippen molar-refractivity contribution >= 4 is 47.0 Å². The molecule has 1 spiro atoms. The van der Waals surface area contributed by atoms with Gasteiger partial charge in [-0.1, -0.05) is 19.1 Å². The minimum Gasteiger partial charge on any atom is -0.376 e. The zero-order chi connectivity index (χ0) is 17.0. The molecule has 0 bridgehead atoms. The number of amides is 2. The average Bonchev–Trinajstić information content (AvgIpc) is 2.68. The summed E-state index contributed by atoms with van der Waals surface area (Å²) in [7, 11) is 17.6. The first-order valence-corrected chi connectivity index (χ1v) is 7.63. The second-order valence-corrected chi connectivity index (χ2v) is 6.68. The topological polar surface area (TPSA) is 58.6 Å². The molecule has 0 aliphatic carbocycles. The minimum atomic E-state index is -1.81. The number of hydrogen-bond acceptors (Lipinski definition) is 4. The van der Waals surface area contributed by atoms with Crippen LogP contribution in [0.3, 0.4) is 0 Å². The Bertz CT molecular complexity index is 636. The van der Waals surface area contributed by atoms with Gasteiger partial charge in [0, 0.05) is 6.20 Å². The van der Waals surface area contributed by atoms with Gasteiger partial charge in [0.25, 0.3) is 0 Å². The Morgan fingerprint density at radius 3 is 2.52 bits per heavy atom. The average molecular weight is 326 g/mol. The van der Waals surface area contributed by atoms with Crippen LogP contribution in [0.25, 0.3) is 0 Å². The highest BCUT2D eigenvalue weighted by Gasteiger charge is 2.64. The van der Waals surface area contributed by atoms with Crippen LogP contribution in [0.5, 0.6) is 0 Å². The zero-order valence-corrected chi connectivity index (χ0v) is 13.7. The molecule has 2 fully saturated rings. The van der Waals surface area contributed by atoms with Crippen LogP contribution in [-0.4, -0.2) is 74.5 Å². The van der Waals surface area contributed by atoms with Crippen molar-refractivity contribution in [3.8, 4) is 0 Å². The van der Waals surface area contributed by atoms with Crippen molar-refractivity contribution in [1.29, 1.82) is 0 Å². The van der Waals surface area contributed by atoms with E-state index in [9.17, 15) is 4.79 Å². The maximum absolute atomic E-state index is 13.0. The van der Waals surface area contributed by atoms with Gasteiger partial charge in [0.15, 0.2) is 0 Å². The fraction of sp³-hybridized carbons (Fsp3) is 0.615. The Morgan fingerprint density at radius 2 is 2.09 bits per heavy atom. The summed E-state index contributed by atoms with van der Waals surface area (Å²) in [4.78, 5) is 23.9. The fourth-order valence-electron chi connectivity index (χ4n) is 3.57. The van der Waals surface area contributed by atoms with Gasteiger partial charge >= 0.3 is 6.03 Å². The van der Waals surface area contributed by atoms with E-state index >= 15 is 0 Å². The summed E-state index contributed by atoms with van der Waals surface area (Å²) in [5.74, 6) is 0.468. The van der Waals surface area contributed by atoms with Gasteiger partial charge < -0.3 is 9.64 Å². The van der Waals surface area contributed by atoms with E-state index in [4.69, 9.17) is 39.9 Å². The number of ether oxygens (including phenoxy) is 1. The van der Waals surface area contributed by atoms with E-state index in [1.165, 1.54) is 16.0 Å². The Balaban J connectivity index is 2.13. The van der Waals surface area contributed by atoms with Crippen molar-refractivity contribution < 1.29 is 9.53 Å². The second kappa shape index (κ2) is 5.41. The molecule has 2 aliphatic heterocycles. The highest BCUT2D eigenvalue weighted by atomic mass is 35.5. The van der Waals surface area contributed by atoms with Crippen molar-refractivity contribution in [2.75, 3.05) is 18.1 Å². The van der Waals surface area contributed by atoms with Crippen molar-refractivity contribution in [1.82, 2.24) is 14.9 Å². The highest BCUT2D eigenvalue weighted by molar-refractivity contribution is 6.60. The first kappa shape index (κ1) is 16.6. The quantitative estimate of drug-likeness (QED) is 0.591. The first-order valence-electron chi connectivity index (χ1n) is 7.25. The van der Waals surface area contributed by atoms with Crippen LogP contribution in [0.15, 0.2) is 12.3 Å². The van der Waals surface area contributed by atoms with E-state index in [0.29, 0.717) is 19.0 Å². The van der Waals surface area contributed by atoms with Crippen LogP contribution in [0.2, 0.25) is 5.28 Å². The van der Waals surface area contributed by atoms with Gasteiger partial charge in [0.2, 0.25) is 5.28 Å². The molecule has 3 rings (SSSR count). The lowest BCUT2D eigenvalue weighted by Crippen LogP contribution is -2.72. The summed E-state index contributed by atoms with van der Waals surface area (Å²) >= 11 is 5.87. The number of carbonyl (C=O) groups is 1. The van der Waals surface area contributed by atoms with Gasteiger partial charge in [-0.05, 0) is 23.6 Å². The van der Waals surface area contributed by atoms with Gasteiger partial charge in [0.1, 0.15) is 11.4 Å². The van der Waals surface area contributed by atoms with Crippen molar-refractivity contribution in [3.63, 3.8) is 0 Å². The Kier molecular flexibility index (Phi) is 3.92. The lowest BCUT2D eigenvalue weighted by Gasteiger charge is -2.53. The Hall–Kier alpha value is -1.21. The molecular weight excluding hydrogens is 312 g/mol. The monoisotopic (exact) mass is 326 g/mol. The highest BCUT2D eigenvalue weighted by Crippen LogP contribution is 2.45. The molecule has 1 atom stereocenters. The largest absolute Gasteiger partial charge is 0.376 e. The summed E-state index contributed by atoms with van der Waals surface area (Å²) in [5.41, 5.74) is -0.694. The van der Waals surface area contributed by atoms with Crippen LogP contribution < -0.4 is 4.90 Å². The maximum Gasteiger partial charge on any atom is 0.325 e. The summed E-state index contributed by atoms with van der Waals surface area (Å²) in [6.07, 6.45) is 1.49. The minimum absolute atomic E-state index is 0.0506. The molecule has 2 saturated heterocycles. The lowest BCUT2D eigenvalue weighted by atomic mass is 9.47. The molecule has 2 aliphatic rings. The molecule has 23 heavy (non-hydrogen) atoms. The number of anilines is 1. The Labute approximate surface area is 144 Å². The number of urea groups is 1. The molecule has 2 amide bonds. The smallest absolute Gasteiger partial charge is 0.325 e. The van der Waals surface area contributed by atoms with Crippen LogP contribution >= 0.6 is 11.6 Å². The molecule has 114 valence electrons. The van der Waals surface area contributed by atoms with E-state index < -0.39 is 16.8 Å². The number of halogens is 1. The maximum atomic E-state index is 13.0. The number of carbonyl (C=O) groups excluding carboxylic acids is 1. The molecule has 1 unspecified atom stereocenters. The van der Waals surface area contributed by atoms with Crippen LogP contribution in [0.1, 0.15) is 13.8 Å². The molecule has 1 aromatic heterocycles. The number of hydrogen-bond donors (Lipinski definition) is 0. The van der Waals surface area contributed by atoms with E-state index in [1.54, 1.807) is 6.07 Å². The first-order chi connectivity index (χ1) is 10.7. The van der Waals surface area contributed by atoms with Crippen molar-refractivity contribution in [2.45, 2.75) is 30.7 Å². The summed E-state index contributed by atoms with van der Waals surface area (Å²) in [6, 6.07) is 0.931. The zero-order valence-electron chi connectivity index (χ0n) is 12.9. The van der Waals surface area contributed by atoms with E-state index in [1.807, 2.05) is 13.8 Å². The third kappa shape index (κ3) is 2.45. The van der Waals surface area contributed by atoms with Crippen molar-refractivity contribution in [3.05, 3.63) is 17.5 Å². The van der Waals surface area contributed by atoms with E-state index in [2.05, 4.69) is 9.97 Å². The van der Waals surface area contributed by atoms with Crippen LogP contribution in [0, 0.1) is 5.92 Å². The molecule has 10 heteroatoms. The predicted molar refractivity (Wildman–Crippen MR) is 88.9 cm³/mol.